The molecule has 33 heavy (non-hydrogen) atoms. The summed E-state index contributed by atoms with van der Waals surface area (Å²) in [4.78, 5) is 28.0. The molecule has 170 valence electrons. The lowest BCUT2D eigenvalue weighted by Gasteiger charge is -2.29. The van der Waals surface area contributed by atoms with Gasteiger partial charge in [0, 0.05) is 37.2 Å². The fraction of sp³-hybridized carbons (Fsp3) is 0.217. The minimum Gasteiger partial charge on any atom is -0.384 e. The monoisotopic (exact) mass is 446 g/mol. The first kappa shape index (κ1) is 22.0. The Morgan fingerprint density at radius 3 is 2.76 bits per heavy atom. The quantitative estimate of drug-likeness (QED) is 0.386. The number of nitrogens with two attached hydrogens (primary N) is 1. The lowest BCUT2D eigenvalue weighted by atomic mass is 10.2. The Kier molecular flexibility index (Phi) is 6.96. The van der Waals surface area contributed by atoms with Gasteiger partial charge < -0.3 is 31.3 Å². The van der Waals surface area contributed by atoms with Crippen LogP contribution in [0.3, 0.4) is 0 Å². The molecular formula is C23H26N8O2. The second kappa shape index (κ2) is 10.4. The summed E-state index contributed by atoms with van der Waals surface area (Å²) in [6, 6.07) is 13.2. The number of carbonyl (C=O) groups excluding carboxylic acids is 1. The highest BCUT2D eigenvalue weighted by Crippen LogP contribution is 2.24. The van der Waals surface area contributed by atoms with Gasteiger partial charge in [0.25, 0.3) is 5.91 Å². The summed E-state index contributed by atoms with van der Waals surface area (Å²) in [5.74, 6) is 1.12. The molecule has 1 amide bonds. The molecule has 3 heterocycles. The van der Waals surface area contributed by atoms with E-state index in [0.717, 1.165) is 24.5 Å². The SMILES string of the molecule is C=CCNC(=O)c1cnc(Nc2cccc(N3CCOCC3)c2)nc1Nc1cccc(N)n1. The highest BCUT2D eigenvalue weighted by atomic mass is 16.5. The van der Waals surface area contributed by atoms with Gasteiger partial charge in [-0.1, -0.05) is 18.2 Å². The highest BCUT2D eigenvalue weighted by molar-refractivity contribution is 5.99. The van der Waals surface area contributed by atoms with Crippen LogP contribution < -0.4 is 26.6 Å². The van der Waals surface area contributed by atoms with Crippen molar-refractivity contribution in [2.24, 2.45) is 0 Å². The molecule has 1 fully saturated rings. The zero-order chi connectivity index (χ0) is 23.0. The number of nitrogens with zero attached hydrogens (tertiary/aromatic N) is 4. The number of ether oxygens (including phenoxy) is 1. The standard InChI is InChI=1S/C23H26N8O2/c1-2-9-25-22(32)18-15-26-23(30-21(18)29-20-8-4-7-19(24)28-20)27-16-5-3-6-17(14-16)31-10-12-33-13-11-31/h2-8,14-15H,1,9-13H2,(H,25,32)(H4,24,26,27,28,29,30). The second-order valence-electron chi connectivity index (χ2n) is 7.30. The molecule has 2 aromatic heterocycles. The van der Waals surface area contributed by atoms with E-state index in [2.05, 4.69) is 48.4 Å². The van der Waals surface area contributed by atoms with E-state index in [4.69, 9.17) is 10.5 Å². The normalized spacial score (nSPS) is 13.3. The fourth-order valence-electron chi connectivity index (χ4n) is 3.34. The van der Waals surface area contributed by atoms with Gasteiger partial charge in [0.1, 0.15) is 23.0 Å². The maximum Gasteiger partial charge on any atom is 0.256 e. The van der Waals surface area contributed by atoms with Crippen molar-refractivity contribution in [3.05, 3.63) is 66.9 Å². The Hall–Kier alpha value is -4.18. The van der Waals surface area contributed by atoms with Crippen molar-refractivity contribution in [3.8, 4) is 0 Å². The van der Waals surface area contributed by atoms with Crippen molar-refractivity contribution in [3.63, 3.8) is 0 Å². The van der Waals surface area contributed by atoms with Crippen molar-refractivity contribution >= 4 is 40.7 Å². The van der Waals surface area contributed by atoms with Gasteiger partial charge in [-0.2, -0.15) is 4.98 Å². The molecule has 10 nitrogen and oxygen atoms in total. The Bertz CT molecular complexity index is 1130. The molecule has 1 aliphatic rings. The third kappa shape index (κ3) is 5.74. The molecule has 10 heteroatoms. The van der Waals surface area contributed by atoms with Crippen LogP contribution in [0.1, 0.15) is 10.4 Å². The molecule has 0 aliphatic carbocycles. The molecule has 0 spiro atoms. The number of carbonyl (C=O) groups is 1. The number of hydrogen-bond donors (Lipinski definition) is 4. The van der Waals surface area contributed by atoms with Gasteiger partial charge in [0.2, 0.25) is 5.95 Å². The zero-order valence-electron chi connectivity index (χ0n) is 18.1. The number of morpholine rings is 1. The van der Waals surface area contributed by atoms with Gasteiger partial charge in [0.05, 0.1) is 13.2 Å². The van der Waals surface area contributed by atoms with Gasteiger partial charge in [0.15, 0.2) is 0 Å². The Balaban J connectivity index is 1.59. The number of nitrogens with one attached hydrogen (secondary N) is 3. The van der Waals surface area contributed by atoms with Crippen molar-refractivity contribution in [1.82, 2.24) is 20.3 Å². The first-order valence-corrected chi connectivity index (χ1v) is 10.6. The lowest BCUT2D eigenvalue weighted by molar-refractivity contribution is 0.0958. The van der Waals surface area contributed by atoms with Crippen LogP contribution >= 0.6 is 0 Å². The molecule has 1 saturated heterocycles. The highest BCUT2D eigenvalue weighted by Gasteiger charge is 2.16. The number of aromatic nitrogens is 3. The van der Waals surface area contributed by atoms with Gasteiger partial charge in [-0.05, 0) is 30.3 Å². The molecule has 1 aliphatic heterocycles. The Morgan fingerprint density at radius 2 is 1.97 bits per heavy atom. The molecule has 3 aromatic rings. The van der Waals surface area contributed by atoms with Crippen LogP contribution in [-0.4, -0.2) is 53.7 Å². The average Bonchev–Trinajstić information content (AvgIpc) is 2.83. The lowest BCUT2D eigenvalue weighted by Crippen LogP contribution is -2.36. The largest absolute Gasteiger partial charge is 0.384 e. The first-order chi connectivity index (χ1) is 16.1. The number of amides is 1. The second-order valence-corrected chi connectivity index (χ2v) is 7.30. The molecule has 0 atom stereocenters. The molecule has 4 rings (SSSR count). The molecule has 5 N–H and O–H groups in total. The minimum atomic E-state index is -0.331. The smallest absolute Gasteiger partial charge is 0.256 e. The van der Waals surface area contributed by atoms with Crippen LogP contribution in [0.5, 0.6) is 0 Å². The van der Waals surface area contributed by atoms with E-state index in [1.807, 2.05) is 18.2 Å². The van der Waals surface area contributed by atoms with Crippen molar-refractivity contribution in [1.29, 1.82) is 0 Å². The van der Waals surface area contributed by atoms with E-state index in [0.29, 0.717) is 43.2 Å². The summed E-state index contributed by atoms with van der Waals surface area (Å²) < 4.78 is 5.44. The van der Waals surface area contributed by atoms with Crippen molar-refractivity contribution in [2.75, 3.05) is 54.1 Å². The average molecular weight is 447 g/mol. The molecule has 0 saturated carbocycles. The van der Waals surface area contributed by atoms with Crippen LogP contribution in [-0.2, 0) is 4.74 Å². The van der Waals surface area contributed by atoms with E-state index in [1.54, 1.807) is 24.3 Å². The summed E-state index contributed by atoms with van der Waals surface area (Å²) >= 11 is 0. The Morgan fingerprint density at radius 1 is 1.15 bits per heavy atom. The van der Waals surface area contributed by atoms with E-state index in [-0.39, 0.29) is 11.5 Å². The summed E-state index contributed by atoms with van der Waals surface area (Å²) in [6.07, 6.45) is 3.07. The number of pyridine rings is 1. The van der Waals surface area contributed by atoms with Crippen LogP contribution in [0, 0.1) is 0 Å². The van der Waals surface area contributed by atoms with E-state index >= 15 is 0 Å². The van der Waals surface area contributed by atoms with E-state index in [1.165, 1.54) is 6.20 Å². The van der Waals surface area contributed by atoms with Gasteiger partial charge in [-0.3, -0.25) is 4.79 Å². The minimum absolute atomic E-state index is 0.272. The number of benzene rings is 1. The van der Waals surface area contributed by atoms with Gasteiger partial charge >= 0.3 is 0 Å². The van der Waals surface area contributed by atoms with Gasteiger partial charge in [-0.15, -0.1) is 6.58 Å². The summed E-state index contributed by atoms with van der Waals surface area (Å²) in [6.45, 7) is 7.05. The number of rotatable bonds is 8. The molecule has 1 aromatic carbocycles. The zero-order valence-corrected chi connectivity index (χ0v) is 18.1. The van der Waals surface area contributed by atoms with E-state index in [9.17, 15) is 4.79 Å². The topological polar surface area (TPSA) is 130 Å². The summed E-state index contributed by atoms with van der Waals surface area (Å²) in [5, 5.41) is 9.03. The van der Waals surface area contributed by atoms with Gasteiger partial charge in [-0.25, -0.2) is 9.97 Å². The number of anilines is 6. The number of hydrogen-bond acceptors (Lipinski definition) is 9. The first-order valence-electron chi connectivity index (χ1n) is 10.6. The number of nitrogen functional groups attached to an aromatic ring is 1. The summed E-state index contributed by atoms with van der Waals surface area (Å²) in [7, 11) is 0. The van der Waals surface area contributed by atoms with Crippen molar-refractivity contribution in [2.45, 2.75) is 0 Å². The third-order valence-corrected chi connectivity index (χ3v) is 4.94. The maximum atomic E-state index is 12.6. The van der Waals surface area contributed by atoms with E-state index < -0.39 is 0 Å². The predicted octanol–water partition coefficient (Wildman–Crippen LogP) is 2.69. The predicted molar refractivity (Wildman–Crippen MR) is 129 cm³/mol. The fourth-order valence-corrected chi connectivity index (χ4v) is 3.34. The Labute approximate surface area is 191 Å². The van der Waals surface area contributed by atoms with Crippen LogP contribution in [0.25, 0.3) is 0 Å². The molecule has 0 radical (unpaired) electrons. The van der Waals surface area contributed by atoms with Crippen LogP contribution in [0.4, 0.5) is 34.8 Å². The summed E-state index contributed by atoms with van der Waals surface area (Å²) in [5.41, 5.74) is 7.98. The van der Waals surface area contributed by atoms with Crippen LogP contribution in [0.2, 0.25) is 0 Å². The molecule has 0 unspecified atom stereocenters. The maximum absolute atomic E-state index is 12.6. The third-order valence-electron chi connectivity index (χ3n) is 4.94. The molecular weight excluding hydrogens is 420 g/mol. The molecule has 0 bridgehead atoms. The van der Waals surface area contributed by atoms with Crippen LogP contribution in [0.15, 0.2) is 61.3 Å². The van der Waals surface area contributed by atoms with Crippen molar-refractivity contribution < 1.29 is 9.53 Å².